The van der Waals surface area contributed by atoms with E-state index < -0.39 is 17.6 Å². The van der Waals surface area contributed by atoms with Gasteiger partial charge in [-0.05, 0) is 50.6 Å². The zero-order chi connectivity index (χ0) is 20.0. The van der Waals surface area contributed by atoms with Crippen LogP contribution in [0.2, 0.25) is 0 Å². The predicted molar refractivity (Wildman–Crippen MR) is 115 cm³/mol. The molecule has 2 aliphatic heterocycles. The lowest BCUT2D eigenvalue weighted by Crippen LogP contribution is -2.46. The van der Waals surface area contributed by atoms with E-state index in [1.807, 2.05) is 0 Å². The molecule has 2 saturated heterocycles. The maximum Gasteiger partial charge on any atom is 0.417 e. The number of likely N-dealkylation sites (tertiary alicyclic amines) is 1. The lowest BCUT2D eigenvalue weighted by atomic mass is 10.0. The molecule has 3 rings (SSSR count). The number of ether oxygens (including phenoxy) is 1. The van der Waals surface area contributed by atoms with Crippen molar-refractivity contribution in [1.29, 1.82) is 0 Å². The number of nitrogens with zero attached hydrogens (tertiary/aromatic N) is 2. The Morgan fingerprint density at radius 2 is 1.70 bits per heavy atom. The van der Waals surface area contributed by atoms with Gasteiger partial charge >= 0.3 is 6.18 Å². The number of rotatable bonds is 6. The van der Waals surface area contributed by atoms with Crippen LogP contribution in [0.15, 0.2) is 18.2 Å². The summed E-state index contributed by atoms with van der Waals surface area (Å²) in [5, 5.41) is 3.09. The Bertz CT molecular complexity index is 665. The van der Waals surface area contributed by atoms with Crippen molar-refractivity contribution in [2.45, 2.75) is 31.9 Å². The van der Waals surface area contributed by atoms with Crippen molar-refractivity contribution in [3.05, 3.63) is 29.3 Å². The number of benzene rings is 1. The Labute approximate surface area is 188 Å². The molecule has 0 aliphatic carbocycles. The number of nitrogens with one attached hydrogen (secondary N) is 1. The zero-order valence-electron chi connectivity index (χ0n) is 16.9. The molecule has 0 radical (unpaired) electrons. The Morgan fingerprint density at radius 3 is 2.33 bits per heavy atom. The van der Waals surface area contributed by atoms with Crippen molar-refractivity contribution in [3.8, 4) is 5.75 Å². The van der Waals surface area contributed by atoms with Gasteiger partial charge in [-0.1, -0.05) is 6.42 Å². The lowest BCUT2D eigenvalue weighted by Gasteiger charge is -2.28. The molecule has 0 spiro atoms. The summed E-state index contributed by atoms with van der Waals surface area (Å²) in [6, 6.07) is 3.66. The molecule has 2 fully saturated rings. The third-order valence-corrected chi connectivity index (χ3v) is 5.27. The fraction of sp³-hybridized carbons (Fsp3) is 0.650. The summed E-state index contributed by atoms with van der Waals surface area (Å²) in [6.07, 6.45) is -0.155. The van der Waals surface area contributed by atoms with Crippen molar-refractivity contribution in [2.24, 2.45) is 0 Å². The molecular formula is C20H30Cl2F3N3O2. The Hall–Kier alpha value is -1.22. The van der Waals surface area contributed by atoms with E-state index in [2.05, 4.69) is 10.2 Å². The average molecular weight is 472 g/mol. The van der Waals surface area contributed by atoms with Crippen molar-refractivity contribution in [3.63, 3.8) is 0 Å². The lowest BCUT2D eigenvalue weighted by molar-refractivity contribution is -0.138. The van der Waals surface area contributed by atoms with Crippen molar-refractivity contribution in [1.82, 2.24) is 15.1 Å². The van der Waals surface area contributed by atoms with Gasteiger partial charge in [-0.25, -0.2) is 0 Å². The van der Waals surface area contributed by atoms with Gasteiger partial charge < -0.3 is 19.9 Å². The summed E-state index contributed by atoms with van der Waals surface area (Å²) in [5.41, 5.74) is -1.24. The fourth-order valence-corrected chi connectivity index (χ4v) is 3.73. The third-order valence-electron chi connectivity index (χ3n) is 5.27. The summed E-state index contributed by atoms with van der Waals surface area (Å²) >= 11 is 0. The van der Waals surface area contributed by atoms with Crippen LogP contribution in [0, 0.1) is 0 Å². The first-order valence-corrected chi connectivity index (χ1v) is 10.0. The van der Waals surface area contributed by atoms with Gasteiger partial charge in [-0.2, -0.15) is 13.2 Å². The molecular weight excluding hydrogens is 442 g/mol. The number of hydrogen-bond donors (Lipinski definition) is 1. The van der Waals surface area contributed by atoms with E-state index in [0.717, 1.165) is 32.1 Å². The molecule has 0 atom stereocenters. The quantitative estimate of drug-likeness (QED) is 0.640. The number of amides is 1. The monoisotopic (exact) mass is 471 g/mol. The van der Waals surface area contributed by atoms with Crippen LogP contribution in [0.25, 0.3) is 0 Å². The predicted octanol–water partition coefficient (Wildman–Crippen LogP) is 3.85. The van der Waals surface area contributed by atoms with E-state index >= 15 is 0 Å². The average Bonchev–Trinajstić information content (AvgIpc) is 2.71. The summed E-state index contributed by atoms with van der Waals surface area (Å²) in [7, 11) is 0. The number of carbonyl (C=O) groups is 1. The number of carbonyl (C=O) groups excluding carboxylic acids is 1. The molecule has 2 aliphatic rings. The number of piperazine rings is 1. The molecule has 1 aromatic carbocycles. The first-order chi connectivity index (χ1) is 13.4. The van der Waals surface area contributed by atoms with Crippen molar-refractivity contribution >= 4 is 30.7 Å². The summed E-state index contributed by atoms with van der Waals surface area (Å²) in [5.74, 6) is -0.423. The summed E-state index contributed by atoms with van der Waals surface area (Å²) in [4.78, 5) is 16.4. The standard InChI is InChI=1S/C20H28F3N3O2.2ClH/c21-20(22,23)18-15-16(28-14-4-11-25-9-2-1-3-10-25)5-6-17(18)19(27)26-12-7-24-8-13-26;;/h5-6,15,24H,1-4,7-14H2;2*1H. The molecule has 1 aromatic rings. The van der Waals surface area contributed by atoms with Crippen LogP contribution in [0.4, 0.5) is 13.2 Å². The van der Waals surface area contributed by atoms with E-state index in [4.69, 9.17) is 4.74 Å². The van der Waals surface area contributed by atoms with Gasteiger partial charge in [0.2, 0.25) is 0 Å². The van der Waals surface area contributed by atoms with Crippen LogP contribution in [-0.2, 0) is 6.18 Å². The smallest absolute Gasteiger partial charge is 0.417 e. The Balaban J connectivity index is 0.00000225. The Kier molecular flexibility index (Phi) is 11.3. The van der Waals surface area contributed by atoms with Gasteiger partial charge in [-0.15, -0.1) is 24.8 Å². The maximum atomic E-state index is 13.5. The van der Waals surface area contributed by atoms with Crippen molar-refractivity contribution in [2.75, 3.05) is 52.4 Å². The largest absolute Gasteiger partial charge is 0.494 e. The fourth-order valence-electron chi connectivity index (χ4n) is 3.73. The van der Waals surface area contributed by atoms with Gasteiger partial charge in [0.05, 0.1) is 17.7 Å². The molecule has 5 nitrogen and oxygen atoms in total. The normalized spacial score (nSPS) is 17.6. The highest BCUT2D eigenvalue weighted by Crippen LogP contribution is 2.35. The first kappa shape index (κ1) is 26.8. The minimum atomic E-state index is -4.60. The van der Waals surface area contributed by atoms with Crippen LogP contribution in [0.1, 0.15) is 41.6 Å². The molecule has 0 bridgehead atoms. The number of halogens is 5. The molecule has 10 heteroatoms. The van der Waals surface area contributed by atoms with E-state index in [1.165, 1.54) is 36.3 Å². The molecule has 0 aromatic heterocycles. The van der Waals surface area contributed by atoms with E-state index in [-0.39, 0.29) is 36.1 Å². The minimum Gasteiger partial charge on any atom is -0.494 e. The van der Waals surface area contributed by atoms with Gasteiger partial charge in [0.1, 0.15) is 5.75 Å². The van der Waals surface area contributed by atoms with Gasteiger partial charge in [0.15, 0.2) is 0 Å². The topological polar surface area (TPSA) is 44.8 Å². The first-order valence-electron chi connectivity index (χ1n) is 10.0. The second-order valence-electron chi connectivity index (χ2n) is 7.35. The Morgan fingerprint density at radius 1 is 1.03 bits per heavy atom. The van der Waals surface area contributed by atoms with Crippen molar-refractivity contribution < 1.29 is 22.7 Å². The van der Waals surface area contributed by atoms with Crippen LogP contribution < -0.4 is 10.1 Å². The molecule has 2 heterocycles. The highest BCUT2D eigenvalue weighted by Gasteiger charge is 2.37. The van der Waals surface area contributed by atoms with Gasteiger partial charge in [0, 0.05) is 32.7 Å². The summed E-state index contributed by atoms with van der Waals surface area (Å²) in [6.45, 7) is 5.42. The maximum absolute atomic E-state index is 13.5. The highest BCUT2D eigenvalue weighted by molar-refractivity contribution is 5.96. The zero-order valence-corrected chi connectivity index (χ0v) is 18.5. The van der Waals surface area contributed by atoms with Gasteiger partial charge in [-0.3, -0.25) is 4.79 Å². The van der Waals surface area contributed by atoms with E-state index in [1.54, 1.807) is 0 Å². The number of hydrogen-bond acceptors (Lipinski definition) is 4. The SMILES string of the molecule is Cl.Cl.O=C(c1ccc(OCCCN2CCCCC2)cc1C(F)(F)F)N1CCNCC1. The van der Waals surface area contributed by atoms with Crippen LogP contribution in [0.3, 0.4) is 0 Å². The van der Waals surface area contributed by atoms with Crippen LogP contribution in [0.5, 0.6) is 5.75 Å². The molecule has 1 N–H and O–H groups in total. The third kappa shape index (κ3) is 7.48. The molecule has 172 valence electrons. The van der Waals surface area contributed by atoms with Crippen LogP contribution in [-0.4, -0.2) is 68.1 Å². The molecule has 30 heavy (non-hydrogen) atoms. The van der Waals surface area contributed by atoms with E-state index in [9.17, 15) is 18.0 Å². The molecule has 1 amide bonds. The number of piperidine rings is 1. The van der Waals surface area contributed by atoms with Gasteiger partial charge in [0.25, 0.3) is 5.91 Å². The second kappa shape index (κ2) is 12.6. The van der Waals surface area contributed by atoms with Crippen LogP contribution >= 0.6 is 24.8 Å². The van der Waals surface area contributed by atoms with E-state index in [0.29, 0.717) is 32.8 Å². The molecule has 0 saturated carbocycles. The second-order valence-corrected chi connectivity index (χ2v) is 7.35. The minimum absolute atomic E-state index is 0. The number of alkyl halides is 3. The summed E-state index contributed by atoms with van der Waals surface area (Å²) < 4.78 is 46.2. The molecule has 0 unspecified atom stereocenters. The highest BCUT2D eigenvalue weighted by atomic mass is 35.5.